The van der Waals surface area contributed by atoms with Crippen LogP contribution in [0.1, 0.15) is 33.1 Å². The van der Waals surface area contributed by atoms with Crippen LogP contribution in [-0.4, -0.2) is 73.7 Å². The summed E-state index contributed by atoms with van der Waals surface area (Å²) in [5, 5.41) is 3.40. The lowest BCUT2D eigenvalue weighted by Crippen LogP contribution is -2.52. The van der Waals surface area contributed by atoms with Gasteiger partial charge >= 0.3 is 0 Å². The molecule has 0 aromatic carbocycles. The number of ether oxygens (including phenoxy) is 1. The molecule has 0 spiro atoms. The smallest absolute Gasteiger partial charge is 0.239 e. The normalized spacial score (nSPS) is 24.4. The minimum atomic E-state index is -0.0969. The van der Waals surface area contributed by atoms with E-state index in [2.05, 4.69) is 17.1 Å². The minimum Gasteiger partial charge on any atom is -0.378 e. The molecule has 1 N–H and O–H groups in total. The summed E-state index contributed by atoms with van der Waals surface area (Å²) in [7, 11) is 0. The van der Waals surface area contributed by atoms with Gasteiger partial charge < -0.3 is 15.0 Å². The summed E-state index contributed by atoms with van der Waals surface area (Å²) in [4.78, 5) is 16.7. The third-order valence-electron chi connectivity index (χ3n) is 4.43. The Balaban J connectivity index is 1.70. The molecule has 20 heavy (non-hydrogen) atoms. The van der Waals surface area contributed by atoms with Crippen LogP contribution in [0.2, 0.25) is 0 Å². The average molecular weight is 283 g/mol. The summed E-state index contributed by atoms with van der Waals surface area (Å²) < 4.78 is 5.29. The number of morpholine rings is 1. The van der Waals surface area contributed by atoms with E-state index in [0.29, 0.717) is 19.3 Å². The number of likely N-dealkylation sites (tertiary alicyclic amines) is 1. The fraction of sp³-hybridized carbons (Fsp3) is 0.933. The molecule has 0 saturated carbocycles. The molecule has 2 atom stereocenters. The molecule has 2 saturated heterocycles. The highest BCUT2D eigenvalue weighted by atomic mass is 16.5. The van der Waals surface area contributed by atoms with E-state index < -0.39 is 0 Å². The molecule has 5 heteroatoms. The van der Waals surface area contributed by atoms with Crippen molar-refractivity contribution in [2.45, 2.75) is 45.2 Å². The molecule has 0 aliphatic carbocycles. The Bertz CT molecular complexity index is 299. The Labute approximate surface area is 122 Å². The fourth-order valence-corrected chi connectivity index (χ4v) is 2.98. The van der Waals surface area contributed by atoms with Gasteiger partial charge in [0.05, 0.1) is 19.3 Å². The Hall–Kier alpha value is -0.650. The first-order chi connectivity index (χ1) is 9.68. The van der Waals surface area contributed by atoms with E-state index in [4.69, 9.17) is 4.74 Å². The first-order valence-electron chi connectivity index (χ1n) is 8.02. The van der Waals surface area contributed by atoms with E-state index in [1.54, 1.807) is 0 Å². The van der Waals surface area contributed by atoms with Crippen molar-refractivity contribution in [3.8, 4) is 0 Å². The molecule has 2 unspecified atom stereocenters. The molecule has 5 nitrogen and oxygen atoms in total. The van der Waals surface area contributed by atoms with Crippen LogP contribution in [0, 0.1) is 0 Å². The molecule has 2 fully saturated rings. The molecule has 116 valence electrons. The number of amides is 1. The van der Waals surface area contributed by atoms with E-state index in [9.17, 15) is 4.79 Å². The quantitative estimate of drug-likeness (QED) is 0.807. The highest BCUT2D eigenvalue weighted by Gasteiger charge is 2.23. The van der Waals surface area contributed by atoms with Gasteiger partial charge in [-0.25, -0.2) is 0 Å². The molecule has 2 aliphatic rings. The van der Waals surface area contributed by atoms with Gasteiger partial charge in [-0.1, -0.05) is 6.42 Å². The van der Waals surface area contributed by atoms with Gasteiger partial charge in [0.1, 0.15) is 0 Å². The average Bonchev–Trinajstić information content (AvgIpc) is 2.53. The third kappa shape index (κ3) is 4.43. The van der Waals surface area contributed by atoms with Crippen LogP contribution in [0.4, 0.5) is 0 Å². The maximum atomic E-state index is 12.3. The third-order valence-corrected chi connectivity index (χ3v) is 4.43. The first kappa shape index (κ1) is 15.7. The molecule has 2 heterocycles. The van der Waals surface area contributed by atoms with E-state index in [1.807, 2.05) is 11.8 Å². The molecule has 1 amide bonds. The largest absolute Gasteiger partial charge is 0.378 e. The summed E-state index contributed by atoms with van der Waals surface area (Å²) in [5.74, 6) is 0.208. The van der Waals surface area contributed by atoms with Crippen molar-refractivity contribution in [2.24, 2.45) is 0 Å². The molecule has 2 rings (SSSR count). The molecule has 0 aromatic rings. The zero-order valence-electron chi connectivity index (χ0n) is 12.9. The molecular weight excluding hydrogens is 254 g/mol. The van der Waals surface area contributed by atoms with Crippen molar-refractivity contribution in [1.82, 2.24) is 15.1 Å². The lowest BCUT2D eigenvalue weighted by molar-refractivity contribution is -0.137. The van der Waals surface area contributed by atoms with Crippen LogP contribution in [0.5, 0.6) is 0 Å². The lowest BCUT2D eigenvalue weighted by atomic mass is 10.1. The van der Waals surface area contributed by atoms with Crippen molar-refractivity contribution in [2.75, 3.05) is 45.9 Å². The molecule has 0 bridgehead atoms. The summed E-state index contributed by atoms with van der Waals surface area (Å²) in [6, 6.07) is 0.413. The van der Waals surface area contributed by atoms with Crippen LogP contribution in [0.3, 0.4) is 0 Å². The van der Waals surface area contributed by atoms with Crippen molar-refractivity contribution in [3.63, 3.8) is 0 Å². The van der Waals surface area contributed by atoms with Gasteiger partial charge in [-0.15, -0.1) is 0 Å². The number of hydrogen-bond acceptors (Lipinski definition) is 4. The van der Waals surface area contributed by atoms with E-state index in [0.717, 1.165) is 19.6 Å². The SMILES string of the molecule is CC(NCC(C)N1CCCCC1)C(=O)N1CCOCC1. The van der Waals surface area contributed by atoms with Gasteiger partial charge in [0.2, 0.25) is 5.91 Å². The van der Waals surface area contributed by atoms with Crippen LogP contribution in [-0.2, 0) is 9.53 Å². The summed E-state index contributed by atoms with van der Waals surface area (Å²) in [5.41, 5.74) is 0. The first-order valence-corrected chi connectivity index (χ1v) is 8.02. The van der Waals surface area contributed by atoms with Crippen molar-refractivity contribution < 1.29 is 9.53 Å². The topological polar surface area (TPSA) is 44.8 Å². The van der Waals surface area contributed by atoms with E-state index in [1.165, 1.54) is 32.4 Å². The highest BCUT2D eigenvalue weighted by Crippen LogP contribution is 2.11. The van der Waals surface area contributed by atoms with Gasteiger partial charge in [0.25, 0.3) is 0 Å². The Morgan fingerprint density at radius 3 is 2.40 bits per heavy atom. The number of hydrogen-bond donors (Lipinski definition) is 1. The lowest BCUT2D eigenvalue weighted by Gasteiger charge is -2.34. The minimum absolute atomic E-state index is 0.0969. The standard InChI is InChI=1S/C15H29N3O2/c1-13(17-6-4-3-5-7-17)12-16-14(2)15(19)18-8-10-20-11-9-18/h13-14,16H,3-12H2,1-2H3. The Kier molecular flexibility index (Phi) is 6.26. The Morgan fingerprint density at radius 2 is 1.75 bits per heavy atom. The van der Waals surface area contributed by atoms with E-state index in [-0.39, 0.29) is 11.9 Å². The van der Waals surface area contributed by atoms with Gasteiger partial charge in [0, 0.05) is 25.7 Å². The monoisotopic (exact) mass is 283 g/mol. The van der Waals surface area contributed by atoms with Crippen LogP contribution < -0.4 is 5.32 Å². The number of carbonyl (C=O) groups excluding carboxylic acids is 1. The predicted octanol–water partition coefficient (Wildman–Crippen LogP) is 0.698. The van der Waals surface area contributed by atoms with Crippen LogP contribution >= 0.6 is 0 Å². The highest BCUT2D eigenvalue weighted by molar-refractivity contribution is 5.81. The number of carbonyl (C=O) groups is 1. The van der Waals surface area contributed by atoms with Crippen molar-refractivity contribution >= 4 is 5.91 Å². The maximum absolute atomic E-state index is 12.3. The van der Waals surface area contributed by atoms with Gasteiger partial charge in [-0.2, -0.15) is 0 Å². The summed E-state index contributed by atoms with van der Waals surface area (Å²) in [6.45, 7) is 10.3. The summed E-state index contributed by atoms with van der Waals surface area (Å²) >= 11 is 0. The second-order valence-electron chi connectivity index (χ2n) is 6.01. The van der Waals surface area contributed by atoms with Crippen molar-refractivity contribution in [1.29, 1.82) is 0 Å². The van der Waals surface area contributed by atoms with Gasteiger partial charge in [0.15, 0.2) is 0 Å². The maximum Gasteiger partial charge on any atom is 0.239 e. The fourth-order valence-electron chi connectivity index (χ4n) is 2.98. The molecule has 0 radical (unpaired) electrons. The zero-order valence-corrected chi connectivity index (χ0v) is 12.9. The molecular formula is C15H29N3O2. The summed E-state index contributed by atoms with van der Waals surface area (Å²) in [6.07, 6.45) is 3.99. The second-order valence-corrected chi connectivity index (χ2v) is 6.01. The zero-order chi connectivity index (χ0) is 14.4. The van der Waals surface area contributed by atoms with Gasteiger partial charge in [-0.05, 0) is 39.8 Å². The number of nitrogens with zero attached hydrogens (tertiary/aromatic N) is 2. The number of nitrogens with one attached hydrogen (secondary N) is 1. The van der Waals surface area contributed by atoms with Crippen molar-refractivity contribution in [3.05, 3.63) is 0 Å². The number of rotatable bonds is 5. The van der Waals surface area contributed by atoms with E-state index >= 15 is 0 Å². The van der Waals surface area contributed by atoms with Gasteiger partial charge in [-0.3, -0.25) is 9.69 Å². The predicted molar refractivity (Wildman–Crippen MR) is 79.7 cm³/mol. The van der Waals surface area contributed by atoms with Crippen LogP contribution in [0.15, 0.2) is 0 Å². The Morgan fingerprint density at radius 1 is 1.10 bits per heavy atom. The molecule has 2 aliphatic heterocycles. The van der Waals surface area contributed by atoms with Crippen LogP contribution in [0.25, 0.3) is 0 Å². The molecule has 0 aromatic heterocycles. The number of piperidine rings is 1. The second kappa shape index (κ2) is 7.96.